The van der Waals surface area contributed by atoms with Crippen molar-refractivity contribution >= 4 is 29.3 Å². The molecule has 1 unspecified atom stereocenters. The monoisotopic (exact) mass is 611 g/mol. The van der Waals surface area contributed by atoms with Gasteiger partial charge in [-0.2, -0.15) is 9.67 Å². The van der Waals surface area contributed by atoms with Gasteiger partial charge in [-0.05, 0) is 47.4 Å². The van der Waals surface area contributed by atoms with E-state index in [9.17, 15) is 18.0 Å². The summed E-state index contributed by atoms with van der Waals surface area (Å²) in [6.45, 7) is 4.76. The third kappa shape index (κ3) is 7.29. The zero-order chi connectivity index (χ0) is 30.6. The number of anilines is 2. The van der Waals surface area contributed by atoms with Crippen LogP contribution in [0, 0.1) is 0 Å². The number of hydrogen-bond donors (Lipinski definition) is 3. The second kappa shape index (κ2) is 13.1. The summed E-state index contributed by atoms with van der Waals surface area (Å²) in [5.41, 5.74) is 10.7. The molecule has 1 aromatic heterocycles. The molecule has 0 aliphatic carbocycles. The van der Waals surface area contributed by atoms with Gasteiger partial charge in [0.1, 0.15) is 11.2 Å². The minimum absolute atomic E-state index is 0.0916. The highest BCUT2D eigenvalue weighted by Gasteiger charge is 2.32. The Kier molecular flexibility index (Phi) is 9.23. The summed E-state index contributed by atoms with van der Waals surface area (Å²) in [6, 6.07) is 21.1. The van der Waals surface area contributed by atoms with E-state index >= 15 is 0 Å². The van der Waals surface area contributed by atoms with Crippen molar-refractivity contribution in [3.63, 3.8) is 0 Å². The van der Waals surface area contributed by atoms with Crippen LogP contribution in [0.4, 0.5) is 24.8 Å². The number of para-hydroxylation sites is 1. The van der Waals surface area contributed by atoms with Crippen molar-refractivity contribution in [2.24, 2.45) is 0 Å². The van der Waals surface area contributed by atoms with Crippen LogP contribution in [0.1, 0.15) is 37.3 Å². The predicted octanol–water partition coefficient (Wildman–Crippen LogP) is 6.05. The predicted molar refractivity (Wildman–Crippen MR) is 162 cm³/mol. The summed E-state index contributed by atoms with van der Waals surface area (Å²) < 4.78 is 43.0. The highest BCUT2D eigenvalue weighted by Crippen LogP contribution is 2.34. The first kappa shape index (κ1) is 30.4. The number of thioether (sulfide) groups is 1. The van der Waals surface area contributed by atoms with Crippen molar-refractivity contribution in [2.75, 3.05) is 23.0 Å². The van der Waals surface area contributed by atoms with Crippen molar-refractivity contribution in [3.8, 4) is 22.8 Å². The van der Waals surface area contributed by atoms with Crippen LogP contribution in [0.3, 0.4) is 0 Å². The Bertz CT molecular complexity index is 1540. The molecular weight excluding hydrogens is 579 g/mol. The van der Waals surface area contributed by atoms with Gasteiger partial charge in [0.2, 0.25) is 11.9 Å². The van der Waals surface area contributed by atoms with Gasteiger partial charge in [0, 0.05) is 37.0 Å². The number of rotatable bonds is 10. The number of amides is 1. The molecule has 1 fully saturated rings. The maximum absolute atomic E-state index is 13.0. The molecular formula is C30H32F3N7O2S. The maximum Gasteiger partial charge on any atom is 0.573 e. The number of halogens is 3. The molecule has 4 aromatic rings. The molecule has 3 aromatic carbocycles. The van der Waals surface area contributed by atoms with Crippen LogP contribution in [0.15, 0.2) is 72.8 Å². The van der Waals surface area contributed by atoms with E-state index < -0.39 is 6.36 Å². The fraction of sp³-hybridized carbons (Fsp3) is 0.300. The average molecular weight is 612 g/mol. The van der Waals surface area contributed by atoms with Crippen molar-refractivity contribution < 1.29 is 22.7 Å². The molecule has 9 nitrogen and oxygen atoms in total. The molecule has 43 heavy (non-hydrogen) atoms. The number of aromatic nitrogens is 3. The molecule has 2 heterocycles. The van der Waals surface area contributed by atoms with E-state index in [4.69, 9.17) is 0 Å². The van der Waals surface area contributed by atoms with E-state index in [1.54, 1.807) is 18.8 Å². The number of hydrazine groups is 1. The van der Waals surface area contributed by atoms with Crippen LogP contribution in [0.25, 0.3) is 17.1 Å². The summed E-state index contributed by atoms with van der Waals surface area (Å²) in [6.07, 6.45) is -4.27. The number of ether oxygens (including phenoxy) is 1. The molecule has 0 radical (unpaired) electrons. The lowest BCUT2D eigenvalue weighted by Gasteiger charge is -2.37. The van der Waals surface area contributed by atoms with Gasteiger partial charge in [0.05, 0.1) is 5.69 Å². The first-order chi connectivity index (χ1) is 20.6. The number of carbonyl (C=O) groups excluding carboxylic acids is 1. The van der Waals surface area contributed by atoms with Gasteiger partial charge in [0.25, 0.3) is 0 Å². The van der Waals surface area contributed by atoms with E-state index in [0.29, 0.717) is 30.4 Å². The summed E-state index contributed by atoms with van der Waals surface area (Å²) in [5, 5.41) is 7.52. The summed E-state index contributed by atoms with van der Waals surface area (Å²) >= 11 is 1.68. The Morgan fingerprint density at radius 1 is 1.05 bits per heavy atom. The quantitative estimate of drug-likeness (QED) is 0.187. The van der Waals surface area contributed by atoms with Crippen molar-refractivity contribution in [1.82, 2.24) is 25.6 Å². The fourth-order valence-corrected chi connectivity index (χ4v) is 5.79. The van der Waals surface area contributed by atoms with E-state index in [-0.39, 0.29) is 23.1 Å². The molecule has 13 heteroatoms. The zero-order valence-corrected chi connectivity index (χ0v) is 24.7. The van der Waals surface area contributed by atoms with Crippen LogP contribution in [-0.2, 0) is 11.3 Å². The Morgan fingerprint density at radius 3 is 2.44 bits per heavy atom. The van der Waals surface area contributed by atoms with Crippen molar-refractivity contribution in [3.05, 3.63) is 83.9 Å². The van der Waals surface area contributed by atoms with Crippen molar-refractivity contribution in [1.29, 1.82) is 0 Å². The van der Waals surface area contributed by atoms with Gasteiger partial charge in [-0.3, -0.25) is 15.1 Å². The van der Waals surface area contributed by atoms with Gasteiger partial charge in [-0.15, -0.1) is 30.0 Å². The van der Waals surface area contributed by atoms with Gasteiger partial charge in [0.15, 0.2) is 5.82 Å². The minimum atomic E-state index is -4.76. The highest BCUT2D eigenvalue weighted by atomic mass is 32.2. The van der Waals surface area contributed by atoms with Gasteiger partial charge in [-0.25, -0.2) is 5.43 Å². The number of nitrogens with zero attached hydrogens (tertiary/aromatic N) is 4. The number of carbonyl (C=O) groups is 1. The standard InChI is InChI=1S/C30H32F3N7O2S/c1-19(2)24-6-4-5-7-25(24)39-26(41)16-17-43-29(39)37-35-18-20-8-10-21(11-9-20)27-36-28(34-3)40(38-27)22-12-14-23(15-13-22)42-30(31,32)33/h4-15,19,29,35,37H,16-18H2,1-3H3,(H,34,36,38). The smallest absolute Gasteiger partial charge is 0.406 e. The van der Waals surface area contributed by atoms with Gasteiger partial charge >= 0.3 is 6.36 Å². The van der Waals surface area contributed by atoms with Gasteiger partial charge in [-0.1, -0.05) is 56.3 Å². The van der Waals surface area contributed by atoms with Crippen LogP contribution in [0.2, 0.25) is 0 Å². The van der Waals surface area contributed by atoms with Crippen LogP contribution in [0.5, 0.6) is 5.75 Å². The summed E-state index contributed by atoms with van der Waals surface area (Å²) in [5.74, 6) is 1.68. The first-order valence-corrected chi connectivity index (χ1v) is 14.8. The lowest BCUT2D eigenvalue weighted by atomic mass is 10.0. The number of benzene rings is 3. The number of nitrogens with one attached hydrogen (secondary N) is 3. The summed E-state index contributed by atoms with van der Waals surface area (Å²) in [4.78, 5) is 19.3. The Hall–Kier alpha value is -4.07. The summed E-state index contributed by atoms with van der Waals surface area (Å²) in [7, 11) is 1.69. The van der Waals surface area contributed by atoms with Crippen molar-refractivity contribution in [2.45, 2.75) is 44.6 Å². The molecule has 1 aliphatic heterocycles. The third-order valence-corrected chi connectivity index (χ3v) is 7.87. The second-order valence-electron chi connectivity index (χ2n) is 10.1. The Labute approximate surface area is 251 Å². The molecule has 0 saturated carbocycles. The van der Waals surface area contributed by atoms with E-state index in [0.717, 1.165) is 28.1 Å². The highest BCUT2D eigenvalue weighted by molar-refractivity contribution is 8.00. The molecule has 226 valence electrons. The molecule has 1 aliphatic rings. The molecule has 0 spiro atoms. The minimum Gasteiger partial charge on any atom is -0.406 e. The SMILES string of the molecule is CNc1nc(-c2ccc(CNNC3SCCC(=O)N3c3ccccc3C(C)C)cc2)nn1-c1ccc(OC(F)(F)F)cc1. The zero-order valence-electron chi connectivity index (χ0n) is 23.9. The number of hydrogen-bond acceptors (Lipinski definition) is 8. The Balaban J connectivity index is 1.24. The van der Waals surface area contributed by atoms with Crippen LogP contribution in [-0.4, -0.2) is 45.3 Å². The van der Waals surface area contributed by atoms with E-state index in [2.05, 4.69) is 50.9 Å². The normalized spacial score (nSPS) is 15.7. The second-order valence-corrected chi connectivity index (χ2v) is 11.3. The van der Waals surface area contributed by atoms with E-state index in [1.807, 2.05) is 47.4 Å². The molecule has 1 saturated heterocycles. The molecule has 1 atom stereocenters. The van der Waals surface area contributed by atoms with Crippen LogP contribution >= 0.6 is 11.8 Å². The topological polar surface area (TPSA) is 96.3 Å². The maximum atomic E-state index is 13.0. The first-order valence-electron chi connectivity index (χ1n) is 13.7. The lowest BCUT2D eigenvalue weighted by Crippen LogP contribution is -2.54. The van der Waals surface area contributed by atoms with E-state index in [1.165, 1.54) is 28.9 Å². The van der Waals surface area contributed by atoms with Crippen LogP contribution < -0.4 is 25.8 Å². The molecule has 0 bridgehead atoms. The molecule has 3 N–H and O–H groups in total. The van der Waals surface area contributed by atoms with Gasteiger partial charge < -0.3 is 10.1 Å². The lowest BCUT2D eigenvalue weighted by molar-refractivity contribution is -0.274. The largest absolute Gasteiger partial charge is 0.573 e. The average Bonchev–Trinajstić information content (AvgIpc) is 3.42. The number of alkyl halides is 3. The Morgan fingerprint density at radius 2 is 1.77 bits per heavy atom. The third-order valence-electron chi connectivity index (χ3n) is 6.79. The molecule has 5 rings (SSSR count). The fourth-order valence-electron chi connectivity index (χ4n) is 4.72. The molecule has 1 amide bonds.